The van der Waals surface area contributed by atoms with Crippen LogP contribution in [0.3, 0.4) is 0 Å². The summed E-state index contributed by atoms with van der Waals surface area (Å²) in [6, 6.07) is 10.3. The zero-order valence-corrected chi connectivity index (χ0v) is 12.2. The van der Waals surface area contributed by atoms with Gasteiger partial charge < -0.3 is 5.32 Å². The van der Waals surface area contributed by atoms with Gasteiger partial charge in [-0.2, -0.15) is 0 Å². The molecule has 2 rings (SSSR count). The molecule has 0 radical (unpaired) electrons. The molecule has 1 atom stereocenters. The largest absolute Gasteiger partial charge is 0.313 e. The van der Waals surface area contributed by atoms with Gasteiger partial charge in [-0.3, -0.25) is 0 Å². The molecule has 19 heavy (non-hydrogen) atoms. The summed E-state index contributed by atoms with van der Waals surface area (Å²) in [7, 11) is 1.88. The second-order valence-corrected chi connectivity index (χ2v) is 5.25. The van der Waals surface area contributed by atoms with Gasteiger partial charge in [0.25, 0.3) is 0 Å². The average molecular weight is 298 g/mol. The van der Waals surface area contributed by atoms with Crippen molar-refractivity contribution in [3.63, 3.8) is 0 Å². The summed E-state index contributed by atoms with van der Waals surface area (Å²) in [6.07, 6.45) is 0. The third-order valence-electron chi connectivity index (χ3n) is 3.10. The van der Waals surface area contributed by atoms with Crippen LogP contribution in [0.25, 0.3) is 11.1 Å². The number of hydrogen-bond donors (Lipinski definition) is 1. The molecule has 0 saturated carbocycles. The highest BCUT2D eigenvalue weighted by Crippen LogP contribution is 2.30. The van der Waals surface area contributed by atoms with Crippen LogP contribution < -0.4 is 5.32 Å². The van der Waals surface area contributed by atoms with Gasteiger partial charge in [0.05, 0.1) is 0 Å². The maximum atomic E-state index is 13.3. The lowest BCUT2D eigenvalue weighted by Crippen LogP contribution is -2.12. The van der Waals surface area contributed by atoms with Gasteiger partial charge in [-0.05, 0) is 54.9 Å². The molecule has 0 aliphatic rings. The second-order valence-electron chi connectivity index (χ2n) is 4.40. The summed E-state index contributed by atoms with van der Waals surface area (Å²) in [5.41, 5.74) is 2.57. The van der Waals surface area contributed by atoms with Gasteiger partial charge in [0, 0.05) is 16.1 Å². The Morgan fingerprint density at radius 2 is 1.79 bits per heavy atom. The highest BCUT2D eigenvalue weighted by atomic mass is 35.5. The minimum atomic E-state index is -0.355. The number of nitrogens with one attached hydrogen (secondary N) is 1. The Kier molecular flexibility index (Phi) is 4.46. The lowest BCUT2D eigenvalue weighted by molar-refractivity contribution is 0.628. The molecule has 0 saturated heterocycles. The van der Waals surface area contributed by atoms with Crippen LogP contribution in [0.4, 0.5) is 4.39 Å². The normalized spacial score (nSPS) is 12.5. The van der Waals surface area contributed by atoms with Gasteiger partial charge in [-0.15, -0.1) is 0 Å². The first-order valence-electron chi connectivity index (χ1n) is 5.94. The summed E-state index contributed by atoms with van der Waals surface area (Å²) >= 11 is 12.1. The van der Waals surface area contributed by atoms with E-state index in [0.717, 1.165) is 16.7 Å². The molecule has 0 fully saturated rings. The van der Waals surface area contributed by atoms with Crippen molar-refractivity contribution in [1.29, 1.82) is 0 Å². The van der Waals surface area contributed by atoms with Crippen LogP contribution in [0, 0.1) is 5.82 Å². The van der Waals surface area contributed by atoms with E-state index in [2.05, 4.69) is 5.32 Å². The third-order valence-corrected chi connectivity index (χ3v) is 3.64. The predicted octanol–water partition coefficient (Wildman–Crippen LogP) is 5.08. The van der Waals surface area contributed by atoms with E-state index in [1.165, 1.54) is 12.1 Å². The zero-order chi connectivity index (χ0) is 14.0. The number of rotatable bonds is 3. The molecule has 100 valence electrons. The van der Waals surface area contributed by atoms with Crippen LogP contribution in [0.5, 0.6) is 0 Å². The van der Waals surface area contributed by atoms with E-state index in [9.17, 15) is 4.39 Å². The standard InChI is InChI=1S/C15H14Cl2FN/c1-9(19-2)14-4-3-10(7-15(14)17)11-5-12(16)8-13(18)6-11/h3-9,19H,1-2H3. The number of halogens is 3. The van der Waals surface area contributed by atoms with Crippen LogP contribution in [-0.2, 0) is 0 Å². The molecule has 1 unspecified atom stereocenters. The predicted molar refractivity (Wildman–Crippen MR) is 79.3 cm³/mol. The van der Waals surface area contributed by atoms with Crippen molar-refractivity contribution in [2.45, 2.75) is 13.0 Å². The van der Waals surface area contributed by atoms with Gasteiger partial charge >= 0.3 is 0 Å². The SMILES string of the molecule is CNC(C)c1ccc(-c2cc(F)cc(Cl)c2)cc1Cl. The van der Waals surface area contributed by atoms with Crippen LogP contribution in [0.1, 0.15) is 18.5 Å². The molecule has 0 spiro atoms. The molecule has 0 amide bonds. The van der Waals surface area contributed by atoms with E-state index in [0.29, 0.717) is 10.0 Å². The highest BCUT2D eigenvalue weighted by Gasteiger charge is 2.09. The van der Waals surface area contributed by atoms with Crippen molar-refractivity contribution in [3.05, 3.63) is 57.8 Å². The maximum absolute atomic E-state index is 13.3. The quantitative estimate of drug-likeness (QED) is 0.833. The number of benzene rings is 2. The van der Waals surface area contributed by atoms with Crippen LogP contribution in [0.15, 0.2) is 36.4 Å². The Hall–Kier alpha value is -1.09. The van der Waals surface area contributed by atoms with Crippen LogP contribution >= 0.6 is 23.2 Å². The number of hydrogen-bond acceptors (Lipinski definition) is 1. The Morgan fingerprint density at radius 1 is 1.05 bits per heavy atom. The molecule has 0 aliphatic carbocycles. The molecule has 4 heteroatoms. The lowest BCUT2D eigenvalue weighted by atomic mass is 10.0. The third kappa shape index (κ3) is 3.27. The molecule has 0 bridgehead atoms. The van der Waals surface area contributed by atoms with Crippen molar-refractivity contribution < 1.29 is 4.39 Å². The highest BCUT2D eigenvalue weighted by molar-refractivity contribution is 6.32. The minimum Gasteiger partial charge on any atom is -0.313 e. The van der Waals surface area contributed by atoms with E-state index >= 15 is 0 Å². The van der Waals surface area contributed by atoms with Crippen molar-refractivity contribution in [2.75, 3.05) is 7.05 Å². The van der Waals surface area contributed by atoms with E-state index in [1.54, 1.807) is 6.07 Å². The topological polar surface area (TPSA) is 12.0 Å². The molecule has 2 aromatic rings. The van der Waals surface area contributed by atoms with Gasteiger partial charge in [-0.1, -0.05) is 35.3 Å². The summed E-state index contributed by atoms with van der Waals surface area (Å²) in [4.78, 5) is 0. The smallest absolute Gasteiger partial charge is 0.125 e. The second kappa shape index (κ2) is 5.91. The van der Waals surface area contributed by atoms with Crippen molar-refractivity contribution in [2.24, 2.45) is 0 Å². The fourth-order valence-electron chi connectivity index (χ4n) is 1.93. The summed E-state index contributed by atoms with van der Waals surface area (Å²) in [6.45, 7) is 2.03. The summed E-state index contributed by atoms with van der Waals surface area (Å²) in [5.74, 6) is -0.355. The van der Waals surface area contributed by atoms with Gasteiger partial charge in [0.15, 0.2) is 0 Å². The maximum Gasteiger partial charge on any atom is 0.125 e. The monoisotopic (exact) mass is 297 g/mol. The first-order valence-corrected chi connectivity index (χ1v) is 6.70. The van der Waals surface area contributed by atoms with Gasteiger partial charge in [0.2, 0.25) is 0 Å². The molecular weight excluding hydrogens is 284 g/mol. The molecule has 0 aromatic heterocycles. The Morgan fingerprint density at radius 3 is 2.37 bits per heavy atom. The van der Waals surface area contributed by atoms with E-state index in [4.69, 9.17) is 23.2 Å². The summed E-state index contributed by atoms with van der Waals surface area (Å²) in [5, 5.41) is 4.16. The molecular formula is C15H14Cl2FN. The molecule has 1 N–H and O–H groups in total. The van der Waals surface area contributed by atoms with Crippen molar-refractivity contribution >= 4 is 23.2 Å². The van der Waals surface area contributed by atoms with Crippen molar-refractivity contribution in [3.8, 4) is 11.1 Å². The van der Waals surface area contributed by atoms with Gasteiger partial charge in [0.1, 0.15) is 5.82 Å². The van der Waals surface area contributed by atoms with Crippen molar-refractivity contribution in [1.82, 2.24) is 5.32 Å². The average Bonchev–Trinajstić information content (AvgIpc) is 2.36. The first kappa shape index (κ1) is 14.3. The summed E-state index contributed by atoms with van der Waals surface area (Å²) < 4.78 is 13.3. The molecule has 0 aliphatic heterocycles. The zero-order valence-electron chi connectivity index (χ0n) is 10.7. The molecule has 2 aromatic carbocycles. The van der Waals surface area contributed by atoms with Crippen LogP contribution in [0.2, 0.25) is 10.0 Å². The fraction of sp³-hybridized carbons (Fsp3) is 0.200. The Balaban J connectivity index is 2.44. The fourth-order valence-corrected chi connectivity index (χ4v) is 2.50. The Labute approximate surface area is 122 Å². The van der Waals surface area contributed by atoms with E-state index in [1.807, 2.05) is 32.2 Å². The van der Waals surface area contributed by atoms with E-state index in [-0.39, 0.29) is 11.9 Å². The first-order chi connectivity index (χ1) is 9.01. The minimum absolute atomic E-state index is 0.164. The Bertz CT molecular complexity index is 578. The lowest BCUT2D eigenvalue weighted by Gasteiger charge is -2.14. The molecule has 1 nitrogen and oxygen atoms in total. The van der Waals surface area contributed by atoms with Crippen LogP contribution in [-0.4, -0.2) is 7.05 Å². The molecule has 0 heterocycles. The van der Waals surface area contributed by atoms with Gasteiger partial charge in [-0.25, -0.2) is 4.39 Å². The van der Waals surface area contributed by atoms with E-state index < -0.39 is 0 Å².